The van der Waals surface area contributed by atoms with Gasteiger partial charge in [-0.05, 0) is 66.4 Å². The number of benzene rings is 3. The van der Waals surface area contributed by atoms with Gasteiger partial charge in [-0.1, -0.05) is 36.8 Å². The average Bonchev–Trinajstić information content (AvgIpc) is 3.11. The zero-order chi connectivity index (χ0) is 24.1. The molecule has 34 heavy (non-hydrogen) atoms. The predicted octanol–water partition coefficient (Wildman–Crippen LogP) is 4.84. The molecule has 3 aromatic carbocycles. The van der Waals surface area contributed by atoms with E-state index < -0.39 is 15.9 Å². The number of carbonyl (C=O) groups is 1. The Morgan fingerprint density at radius 3 is 2.62 bits per heavy atom. The van der Waals surface area contributed by atoms with Crippen molar-refractivity contribution in [3.05, 3.63) is 66.2 Å². The van der Waals surface area contributed by atoms with Crippen molar-refractivity contribution >= 4 is 38.2 Å². The predicted molar refractivity (Wildman–Crippen MR) is 135 cm³/mol. The highest BCUT2D eigenvalue weighted by molar-refractivity contribution is 7.90. The number of anilines is 1. The first-order chi connectivity index (χ1) is 16.4. The van der Waals surface area contributed by atoms with E-state index >= 15 is 0 Å². The second-order valence-corrected chi connectivity index (χ2v) is 10.1. The van der Waals surface area contributed by atoms with E-state index in [2.05, 4.69) is 15.0 Å². The molecule has 1 atom stereocenters. The van der Waals surface area contributed by atoms with E-state index in [1.165, 1.54) is 12.1 Å². The molecule has 0 aromatic heterocycles. The lowest BCUT2D eigenvalue weighted by Gasteiger charge is -2.15. The molecule has 1 amide bonds. The fourth-order valence-electron chi connectivity index (χ4n) is 3.95. The Morgan fingerprint density at radius 1 is 1.00 bits per heavy atom. The zero-order valence-electron chi connectivity index (χ0n) is 19.4. The van der Waals surface area contributed by atoms with E-state index in [-0.39, 0.29) is 10.8 Å². The Kier molecular flexibility index (Phi) is 7.17. The topological polar surface area (TPSA) is 96.9 Å². The summed E-state index contributed by atoms with van der Waals surface area (Å²) >= 11 is 0. The minimum absolute atomic E-state index is 0.0875. The Labute approximate surface area is 200 Å². The van der Waals surface area contributed by atoms with Crippen LogP contribution in [0.4, 0.5) is 5.69 Å². The summed E-state index contributed by atoms with van der Waals surface area (Å²) in [5.41, 5.74) is 1.29. The number of sulfonamides is 1. The van der Waals surface area contributed by atoms with Crippen LogP contribution in [0.25, 0.3) is 10.8 Å². The molecule has 4 rings (SSSR count). The van der Waals surface area contributed by atoms with Crippen LogP contribution in [0.5, 0.6) is 5.75 Å². The highest BCUT2D eigenvalue weighted by Gasteiger charge is 2.20. The molecular weight excluding hydrogens is 450 g/mol. The van der Waals surface area contributed by atoms with Crippen molar-refractivity contribution in [2.45, 2.75) is 43.4 Å². The van der Waals surface area contributed by atoms with Crippen molar-refractivity contribution in [2.24, 2.45) is 4.99 Å². The summed E-state index contributed by atoms with van der Waals surface area (Å²) in [6.45, 7) is 2.46. The third-order valence-corrected chi connectivity index (χ3v) is 7.38. The van der Waals surface area contributed by atoms with E-state index in [1.807, 2.05) is 43.3 Å². The smallest absolute Gasteiger partial charge is 0.262 e. The highest BCUT2D eigenvalue weighted by Crippen LogP contribution is 2.26. The van der Waals surface area contributed by atoms with Gasteiger partial charge in [-0.25, -0.2) is 8.42 Å². The molecule has 1 aliphatic rings. The summed E-state index contributed by atoms with van der Waals surface area (Å²) in [6, 6.07) is 17.9. The average molecular weight is 480 g/mol. The van der Waals surface area contributed by atoms with Gasteiger partial charge in [-0.2, -0.15) is 0 Å². The van der Waals surface area contributed by atoms with E-state index in [1.54, 1.807) is 19.2 Å². The molecule has 0 spiro atoms. The normalized spacial score (nSPS) is 15.2. The van der Waals surface area contributed by atoms with Gasteiger partial charge >= 0.3 is 0 Å². The van der Waals surface area contributed by atoms with Gasteiger partial charge < -0.3 is 10.1 Å². The lowest BCUT2D eigenvalue weighted by atomic mass is 9.97. The number of aliphatic imine (C=N–C) groups is 1. The molecule has 178 valence electrons. The van der Waals surface area contributed by atoms with Gasteiger partial charge in [0.25, 0.3) is 10.0 Å². The Bertz CT molecular complexity index is 1330. The summed E-state index contributed by atoms with van der Waals surface area (Å²) in [5, 5.41) is 4.89. The maximum atomic E-state index is 13.0. The number of methoxy groups -OCH3 is 1. The monoisotopic (exact) mass is 479 g/mol. The number of ether oxygens (including phenoxy) is 1. The first kappa shape index (κ1) is 23.8. The molecule has 8 heteroatoms. The maximum Gasteiger partial charge on any atom is 0.262 e. The summed E-state index contributed by atoms with van der Waals surface area (Å²) in [6.07, 6.45) is 3.54. The zero-order valence-corrected chi connectivity index (χ0v) is 20.2. The van der Waals surface area contributed by atoms with Crippen LogP contribution in [0.15, 0.2) is 70.6 Å². The van der Waals surface area contributed by atoms with E-state index in [9.17, 15) is 13.2 Å². The Balaban J connectivity index is 1.48. The number of carbonyl (C=O) groups excluding carboxylic acids is 1. The Morgan fingerprint density at radius 2 is 1.79 bits per heavy atom. The van der Waals surface area contributed by atoms with Crippen LogP contribution in [-0.2, 0) is 14.8 Å². The number of rotatable bonds is 6. The van der Waals surface area contributed by atoms with Crippen molar-refractivity contribution in [2.75, 3.05) is 19.0 Å². The number of nitrogens with one attached hydrogen (secondary N) is 2. The molecule has 0 bridgehead atoms. The van der Waals surface area contributed by atoms with Gasteiger partial charge in [-0.15, -0.1) is 0 Å². The Hall–Kier alpha value is -3.39. The van der Waals surface area contributed by atoms with E-state index in [0.717, 1.165) is 41.3 Å². The molecule has 0 saturated heterocycles. The third kappa shape index (κ3) is 5.56. The van der Waals surface area contributed by atoms with Crippen LogP contribution in [0.3, 0.4) is 0 Å². The van der Waals surface area contributed by atoms with Gasteiger partial charge in [-0.3, -0.25) is 14.5 Å². The van der Waals surface area contributed by atoms with Crippen LogP contribution >= 0.6 is 0 Å². The number of fused-ring (bicyclic) bond motifs is 1. The summed E-state index contributed by atoms with van der Waals surface area (Å²) in [7, 11) is -2.15. The molecule has 1 heterocycles. The highest BCUT2D eigenvalue weighted by atomic mass is 32.2. The first-order valence-electron chi connectivity index (χ1n) is 11.4. The van der Waals surface area contributed by atoms with Crippen molar-refractivity contribution in [1.82, 2.24) is 4.72 Å². The first-order valence-corrected chi connectivity index (χ1v) is 12.9. The number of amidine groups is 1. The number of nitrogens with zero attached hydrogens (tertiary/aromatic N) is 1. The van der Waals surface area contributed by atoms with Crippen LogP contribution in [0.2, 0.25) is 0 Å². The van der Waals surface area contributed by atoms with Crippen LogP contribution in [0, 0.1) is 0 Å². The standard InChI is InChI=1S/C26H29N3O4S/c1-18(19-10-11-21-16-23(33-2)13-12-20(21)15-19)26(30)28-22-7-6-8-24(17-22)34(31,32)29-25-9-4-3-5-14-27-25/h6-8,10-13,15-18H,3-5,9,14H2,1-2H3,(H,27,29)(H,28,30)/t18-/m0/s1. The lowest BCUT2D eigenvalue weighted by Crippen LogP contribution is -2.30. The molecule has 2 N–H and O–H groups in total. The van der Waals surface area contributed by atoms with Crippen molar-refractivity contribution in [3.63, 3.8) is 0 Å². The van der Waals surface area contributed by atoms with Crippen LogP contribution in [-0.4, -0.2) is 33.8 Å². The molecule has 0 radical (unpaired) electrons. The fourth-order valence-corrected chi connectivity index (χ4v) is 5.09. The molecule has 0 fully saturated rings. The van der Waals surface area contributed by atoms with Crippen LogP contribution in [0.1, 0.15) is 44.1 Å². The lowest BCUT2D eigenvalue weighted by molar-refractivity contribution is -0.117. The number of hydrogen-bond donors (Lipinski definition) is 2. The minimum atomic E-state index is -3.78. The minimum Gasteiger partial charge on any atom is -0.497 e. The second-order valence-electron chi connectivity index (χ2n) is 8.46. The van der Waals surface area contributed by atoms with Gasteiger partial charge in [0.05, 0.1) is 17.9 Å². The van der Waals surface area contributed by atoms with Crippen molar-refractivity contribution < 1.29 is 17.9 Å². The maximum absolute atomic E-state index is 13.0. The SMILES string of the molecule is COc1ccc2cc([C@H](C)C(=O)Nc3cccc(S(=O)(=O)NC4=NCCCCC4)c3)ccc2c1. The molecule has 1 aliphatic heterocycles. The third-order valence-electron chi connectivity index (χ3n) is 6.00. The largest absolute Gasteiger partial charge is 0.497 e. The van der Waals surface area contributed by atoms with E-state index in [0.29, 0.717) is 24.5 Å². The second kappa shape index (κ2) is 10.3. The quantitative estimate of drug-likeness (QED) is 0.529. The molecule has 0 aliphatic carbocycles. The number of amides is 1. The van der Waals surface area contributed by atoms with Crippen LogP contribution < -0.4 is 14.8 Å². The molecule has 0 saturated carbocycles. The van der Waals surface area contributed by atoms with Crippen molar-refractivity contribution in [3.8, 4) is 5.75 Å². The van der Waals surface area contributed by atoms with Crippen molar-refractivity contribution in [1.29, 1.82) is 0 Å². The summed E-state index contributed by atoms with van der Waals surface area (Å²) in [5.74, 6) is 0.629. The van der Waals surface area contributed by atoms with Gasteiger partial charge in [0, 0.05) is 18.7 Å². The number of hydrogen-bond acceptors (Lipinski definition) is 5. The fraction of sp³-hybridized carbons (Fsp3) is 0.308. The van der Waals surface area contributed by atoms with Gasteiger partial charge in [0.1, 0.15) is 11.6 Å². The molecule has 0 unspecified atom stereocenters. The molecular formula is C26H29N3O4S. The van der Waals surface area contributed by atoms with Gasteiger partial charge in [0.2, 0.25) is 5.91 Å². The molecule has 7 nitrogen and oxygen atoms in total. The van der Waals surface area contributed by atoms with E-state index in [4.69, 9.17) is 4.74 Å². The van der Waals surface area contributed by atoms with Gasteiger partial charge in [0.15, 0.2) is 0 Å². The summed E-state index contributed by atoms with van der Waals surface area (Å²) < 4.78 is 33.6. The summed E-state index contributed by atoms with van der Waals surface area (Å²) in [4.78, 5) is 17.4. The molecule has 3 aromatic rings.